The molecule has 2 fully saturated rings. The molecule has 0 heterocycles. The van der Waals surface area contributed by atoms with E-state index in [1.807, 2.05) is 0 Å². The van der Waals surface area contributed by atoms with Crippen LogP contribution in [0.4, 0.5) is 0 Å². The first-order chi connectivity index (χ1) is 8.73. The zero-order chi connectivity index (χ0) is 12.8. The highest BCUT2D eigenvalue weighted by molar-refractivity contribution is 4.91. The van der Waals surface area contributed by atoms with Crippen LogP contribution in [0.5, 0.6) is 0 Å². The molecule has 2 saturated carbocycles. The second-order valence-electron chi connectivity index (χ2n) is 6.24. The van der Waals surface area contributed by atoms with Gasteiger partial charge in [0.1, 0.15) is 0 Å². The van der Waals surface area contributed by atoms with Crippen molar-refractivity contribution in [1.82, 2.24) is 0 Å². The average molecular weight is 254 g/mol. The smallest absolute Gasteiger partial charge is 0.0965 e. The lowest BCUT2D eigenvalue weighted by molar-refractivity contribution is -0.120. The molecular weight excluding hydrogens is 224 g/mol. The van der Waals surface area contributed by atoms with Crippen molar-refractivity contribution in [1.29, 1.82) is 0 Å². The maximum absolute atomic E-state index is 6.49. The molecule has 3 nitrogen and oxygen atoms in total. The minimum atomic E-state index is -0.321. The van der Waals surface area contributed by atoms with Gasteiger partial charge in [-0.2, -0.15) is 0 Å². The Labute approximate surface area is 112 Å². The maximum atomic E-state index is 6.49. The van der Waals surface area contributed by atoms with Crippen molar-refractivity contribution in [3.05, 3.63) is 0 Å². The van der Waals surface area contributed by atoms with Gasteiger partial charge in [-0.15, -0.1) is 0 Å². The van der Waals surface area contributed by atoms with Crippen molar-refractivity contribution in [3.8, 4) is 0 Å². The van der Waals surface area contributed by atoms with Gasteiger partial charge in [-0.1, -0.05) is 51.4 Å². The zero-order valence-electron chi connectivity index (χ0n) is 11.7. The highest BCUT2D eigenvalue weighted by Crippen LogP contribution is 2.35. The van der Waals surface area contributed by atoms with Gasteiger partial charge < -0.3 is 16.2 Å². The zero-order valence-corrected chi connectivity index (χ0v) is 11.7. The molecule has 0 saturated heterocycles. The average Bonchev–Trinajstić information content (AvgIpc) is 2.73. The van der Waals surface area contributed by atoms with E-state index in [1.54, 1.807) is 0 Å². The summed E-state index contributed by atoms with van der Waals surface area (Å²) in [5.41, 5.74) is 11.9. The van der Waals surface area contributed by atoms with Gasteiger partial charge in [0.25, 0.3) is 0 Å². The van der Waals surface area contributed by atoms with E-state index >= 15 is 0 Å². The summed E-state index contributed by atoms with van der Waals surface area (Å²) in [5.74, 6) is 0. The Hall–Kier alpha value is -0.120. The van der Waals surface area contributed by atoms with Crippen LogP contribution < -0.4 is 11.5 Å². The van der Waals surface area contributed by atoms with Crippen molar-refractivity contribution >= 4 is 0 Å². The predicted molar refractivity (Wildman–Crippen MR) is 75.2 cm³/mol. The first kappa shape index (κ1) is 14.3. The number of nitrogens with two attached hydrogens (primary N) is 2. The molecule has 0 radical (unpaired) electrons. The highest BCUT2D eigenvalue weighted by Gasteiger charge is 2.38. The topological polar surface area (TPSA) is 61.3 Å². The summed E-state index contributed by atoms with van der Waals surface area (Å²) >= 11 is 0. The number of rotatable bonds is 3. The van der Waals surface area contributed by atoms with Crippen molar-refractivity contribution in [3.63, 3.8) is 0 Å². The molecule has 106 valence electrons. The van der Waals surface area contributed by atoms with Crippen LogP contribution >= 0.6 is 0 Å². The standard InChI is InChI=1S/C15H30N2O/c16-14(17)15(11-7-3-4-8-12-15)18-13-9-5-1-2-6-10-13/h13-14H,1-12,16-17H2. The largest absolute Gasteiger partial charge is 0.369 e. The van der Waals surface area contributed by atoms with Crippen LogP contribution in [-0.2, 0) is 4.74 Å². The summed E-state index contributed by atoms with van der Waals surface area (Å²) in [6.45, 7) is 0. The van der Waals surface area contributed by atoms with E-state index in [-0.39, 0.29) is 11.8 Å². The Bertz CT molecular complexity index is 227. The van der Waals surface area contributed by atoms with E-state index in [4.69, 9.17) is 16.2 Å². The van der Waals surface area contributed by atoms with Gasteiger partial charge >= 0.3 is 0 Å². The van der Waals surface area contributed by atoms with E-state index in [2.05, 4.69) is 0 Å². The van der Waals surface area contributed by atoms with Gasteiger partial charge in [-0.05, 0) is 25.7 Å². The molecule has 2 rings (SSSR count). The third kappa shape index (κ3) is 3.69. The minimum Gasteiger partial charge on any atom is -0.369 e. The van der Waals surface area contributed by atoms with Crippen LogP contribution in [0.2, 0.25) is 0 Å². The van der Waals surface area contributed by atoms with Crippen molar-refractivity contribution in [2.45, 2.75) is 94.9 Å². The number of hydrogen-bond acceptors (Lipinski definition) is 3. The van der Waals surface area contributed by atoms with E-state index in [9.17, 15) is 0 Å². The highest BCUT2D eigenvalue weighted by atomic mass is 16.5. The first-order valence-corrected chi connectivity index (χ1v) is 7.92. The molecule has 0 atom stereocenters. The Morgan fingerprint density at radius 3 is 1.78 bits per heavy atom. The summed E-state index contributed by atoms with van der Waals surface area (Å²) in [6.07, 6.45) is 15.0. The van der Waals surface area contributed by atoms with E-state index in [1.165, 1.54) is 64.2 Å². The second-order valence-corrected chi connectivity index (χ2v) is 6.24. The van der Waals surface area contributed by atoms with Crippen LogP contribution in [-0.4, -0.2) is 17.9 Å². The summed E-state index contributed by atoms with van der Waals surface area (Å²) in [5, 5.41) is 0. The predicted octanol–water partition coefficient (Wildman–Crippen LogP) is 3.06. The van der Waals surface area contributed by atoms with Crippen molar-refractivity contribution in [2.75, 3.05) is 0 Å². The Morgan fingerprint density at radius 2 is 1.28 bits per heavy atom. The third-order valence-corrected chi connectivity index (χ3v) is 4.76. The second kappa shape index (κ2) is 6.88. The molecule has 0 aromatic carbocycles. The van der Waals surface area contributed by atoms with Crippen LogP contribution in [0.1, 0.15) is 77.0 Å². The lowest BCUT2D eigenvalue weighted by Crippen LogP contribution is -2.56. The van der Waals surface area contributed by atoms with Gasteiger partial charge in [-0.25, -0.2) is 0 Å². The Balaban J connectivity index is 1.99. The lowest BCUT2D eigenvalue weighted by Gasteiger charge is -2.39. The fourth-order valence-electron chi connectivity index (χ4n) is 3.55. The van der Waals surface area contributed by atoms with E-state index in [0.29, 0.717) is 6.10 Å². The third-order valence-electron chi connectivity index (χ3n) is 4.76. The molecule has 0 unspecified atom stereocenters. The normalized spacial score (nSPS) is 26.8. The van der Waals surface area contributed by atoms with Crippen LogP contribution in [0.25, 0.3) is 0 Å². The van der Waals surface area contributed by atoms with E-state index < -0.39 is 0 Å². The molecule has 4 N–H and O–H groups in total. The SMILES string of the molecule is NC(N)C1(OC2CCCCCC2)CCCCCC1. The molecule has 0 spiro atoms. The molecule has 2 aliphatic rings. The van der Waals surface area contributed by atoms with Crippen LogP contribution in [0, 0.1) is 0 Å². The molecule has 0 aromatic heterocycles. The van der Waals surface area contributed by atoms with Gasteiger partial charge in [-0.3, -0.25) is 0 Å². The maximum Gasteiger partial charge on any atom is 0.0965 e. The summed E-state index contributed by atoms with van der Waals surface area (Å²) in [4.78, 5) is 0. The monoisotopic (exact) mass is 254 g/mol. The van der Waals surface area contributed by atoms with Crippen LogP contribution in [0.3, 0.4) is 0 Å². The Kier molecular flexibility index (Phi) is 5.46. The number of hydrogen-bond donors (Lipinski definition) is 2. The molecular formula is C15H30N2O. The Morgan fingerprint density at radius 1 is 0.778 bits per heavy atom. The minimum absolute atomic E-state index is 0.231. The fourth-order valence-corrected chi connectivity index (χ4v) is 3.55. The van der Waals surface area contributed by atoms with Crippen molar-refractivity contribution in [2.24, 2.45) is 11.5 Å². The van der Waals surface area contributed by atoms with Gasteiger partial charge in [0.15, 0.2) is 0 Å². The van der Waals surface area contributed by atoms with E-state index in [0.717, 1.165) is 12.8 Å². The van der Waals surface area contributed by atoms with Crippen molar-refractivity contribution < 1.29 is 4.74 Å². The lowest BCUT2D eigenvalue weighted by atomic mass is 9.90. The number of ether oxygens (including phenoxy) is 1. The van der Waals surface area contributed by atoms with Gasteiger partial charge in [0.2, 0.25) is 0 Å². The molecule has 0 amide bonds. The summed E-state index contributed by atoms with van der Waals surface area (Å²) in [6, 6.07) is 0. The molecule has 0 aliphatic heterocycles. The fraction of sp³-hybridized carbons (Fsp3) is 1.00. The molecule has 3 heteroatoms. The van der Waals surface area contributed by atoms with Crippen LogP contribution in [0.15, 0.2) is 0 Å². The van der Waals surface area contributed by atoms with Gasteiger partial charge in [0.05, 0.1) is 17.9 Å². The van der Waals surface area contributed by atoms with Gasteiger partial charge in [0, 0.05) is 0 Å². The first-order valence-electron chi connectivity index (χ1n) is 7.92. The summed E-state index contributed by atoms with van der Waals surface area (Å²) in [7, 11) is 0. The molecule has 2 aliphatic carbocycles. The molecule has 0 aromatic rings. The quantitative estimate of drug-likeness (QED) is 0.601. The molecule has 18 heavy (non-hydrogen) atoms. The molecule has 0 bridgehead atoms. The summed E-state index contributed by atoms with van der Waals surface area (Å²) < 4.78 is 6.49.